The molecular formula is C17H18N4OS. The van der Waals surface area contributed by atoms with E-state index < -0.39 is 0 Å². The number of fused-ring (bicyclic) bond motifs is 1. The van der Waals surface area contributed by atoms with Gasteiger partial charge in [-0.1, -0.05) is 18.2 Å². The molecule has 4 rings (SSSR count). The molecule has 118 valence electrons. The quantitative estimate of drug-likeness (QED) is 0.743. The SMILES string of the molecule is Cc1nc(C2CCCN2C(=O)Cn2cc3ccccc3n2)cs1. The Morgan fingerprint density at radius 3 is 3.04 bits per heavy atom. The highest BCUT2D eigenvalue weighted by atomic mass is 32.1. The van der Waals surface area contributed by atoms with E-state index in [0.717, 1.165) is 41.0 Å². The van der Waals surface area contributed by atoms with Crippen LogP contribution in [-0.4, -0.2) is 32.1 Å². The van der Waals surface area contributed by atoms with E-state index in [-0.39, 0.29) is 18.5 Å². The summed E-state index contributed by atoms with van der Waals surface area (Å²) in [6.07, 6.45) is 3.97. The van der Waals surface area contributed by atoms with Crippen molar-refractivity contribution in [3.8, 4) is 0 Å². The molecule has 1 amide bonds. The molecule has 1 fully saturated rings. The molecule has 0 bridgehead atoms. The molecule has 0 saturated carbocycles. The van der Waals surface area contributed by atoms with Crippen molar-refractivity contribution in [3.63, 3.8) is 0 Å². The van der Waals surface area contributed by atoms with E-state index >= 15 is 0 Å². The van der Waals surface area contributed by atoms with E-state index in [1.165, 1.54) is 0 Å². The van der Waals surface area contributed by atoms with Crippen LogP contribution in [0.2, 0.25) is 0 Å². The van der Waals surface area contributed by atoms with Crippen molar-refractivity contribution >= 4 is 28.1 Å². The number of rotatable bonds is 3. The zero-order valence-corrected chi connectivity index (χ0v) is 13.8. The molecule has 1 atom stereocenters. The maximum Gasteiger partial charge on any atom is 0.244 e. The van der Waals surface area contributed by atoms with Crippen molar-refractivity contribution < 1.29 is 4.79 Å². The van der Waals surface area contributed by atoms with Crippen LogP contribution in [0.25, 0.3) is 10.9 Å². The minimum Gasteiger partial charge on any atom is -0.332 e. The second-order valence-corrected chi connectivity index (χ2v) is 6.98. The van der Waals surface area contributed by atoms with Crippen molar-refractivity contribution in [1.82, 2.24) is 19.7 Å². The van der Waals surface area contributed by atoms with Crippen LogP contribution in [0.5, 0.6) is 0 Å². The fraction of sp³-hybridized carbons (Fsp3) is 0.353. The molecule has 0 aliphatic carbocycles. The second-order valence-electron chi connectivity index (χ2n) is 5.92. The lowest BCUT2D eigenvalue weighted by molar-refractivity contribution is -0.133. The Morgan fingerprint density at radius 1 is 1.39 bits per heavy atom. The maximum absolute atomic E-state index is 12.7. The lowest BCUT2D eigenvalue weighted by Gasteiger charge is -2.23. The molecule has 1 saturated heterocycles. The molecule has 5 nitrogen and oxygen atoms in total. The van der Waals surface area contributed by atoms with Gasteiger partial charge in [-0.2, -0.15) is 5.10 Å². The molecule has 1 aromatic carbocycles. The maximum atomic E-state index is 12.7. The number of hydrogen-bond donors (Lipinski definition) is 0. The Kier molecular flexibility index (Phi) is 3.61. The summed E-state index contributed by atoms with van der Waals surface area (Å²) in [5, 5.41) is 8.68. The number of aryl methyl sites for hydroxylation is 1. The highest BCUT2D eigenvalue weighted by molar-refractivity contribution is 7.09. The van der Waals surface area contributed by atoms with Gasteiger partial charge >= 0.3 is 0 Å². The molecule has 0 radical (unpaired) electrons. The third-order valence-corrected chi connectivity index (χ3v) is 5.10. The van der Waals surface area contributed by atoms with Gasteiger partial charge < -0.3 is 4.90 Å². The summed E-state index contributed by atoms with van der Waals surface area (Å²) in [7, 11) is 0. The first-order valence-electron chi connectivity index (χ1n) is 7.84. The van der Waals surface area contributed by atoms with Gasteiger partial charge in [0.1, 0.15) is 6.54 Å². The number of hydrogen-bond acceptors (Lipinski definition) is 4. The van der Waals surface area contributed by atoms with Gasteiger partial charge in [-0.3, -0.25) is 9.48 Å². The first kappa shape index (κ1) is 14.4. The highest BCUT2D eigenvalue weighted by Crippen LogP contribution is 2.32. The Labute approximate surface area is 138 Å². The zero-order chi connectivity index (χ0) is 15.8. The van der Waals surface area contributed by atoms with Gasteiger partial charge in [0.2, 0.25) is 5.91 Å². The molecule has 3 heterocycles. The van der Waals surface area contributed by atoms with Crippen LogP contribution in [0.4, 0.5) is 0 Å². The fourth-order valence-corrected chi connectivity index (χ4v) is 3.89. The Hall–Kier alpha value is -2.21. The van der Waals surface area contributed by atoms with Crippen LogP contribution in [0, 0.1) is 6.92 Å². The summed E-state index contributed by atoms with van der Waals surface area (Å²) in [5.41, 5.74) is 1.96. The first-order chi connectivity index (χ1) is 11.2. The Morgan fingerprint density at radius 2 is 2.26 bits per heavy atom. The highest BCUT2D eigenvalue weighted by Gasteiger charge is 2.31. The van der Waals surface area contributed by atoms with Crippen molar-refractivity contribution in [1.29, 1.82) is 0 Å². The van der Waals surface area contributed by atoms with E-state index in [0.29, 0.717) is 0 Å². The predicted molar refractivity (Wildman–Crippen MR) is 90.3 cm³/mol. The number of carbonyl (C=O) groups excluding carboxylic acids is 1. The Balaban J connectivity index is 1.53. The van der Waals surface area contributed by atoms with Gasteiger partial charge in [0, 0.05) is 23.5 Å². The number of carbonyl (C=O) groups is 1. The van der Waals surface area contributed by atoms with Crippen molar-refractivity contribution in [2.24, 2.45) is 0 Å². The van der Waals surface area contributed by atoms with Crippen molar-refractivity contribution in [3.05, 3.63) is 46.5 Å². The van der Waals surface area contributed by atoms with Gasteiger partial charge in [0.15, 0.2) is 0 Å². The molecule has 1 unspecified atom stereocenters. The van der Waals surface area contributed by atoms with E-state index in [1.54, 1.807) is 16.0 Å². The molecule has 6 heteroatoms. The molecule has 3 aromatic rings. The van der Waals surface area contributed by atoms with Gasteiger partial charge in [0.05, 0.1) is 22.3 Å². The standard InChI is InChI=1S/C17H18N4OS/c1-12-18-15(11-23-12)16-7-4-8-21(16)17(22)10-20-9-13-5-2-3-6-14(13)19-20/h2-3,5-6,9,11,16H,4,7-8,10H2,1H3. The lowest BCUT2D eigenvalue weighted by Crippen LogP contribution is -2.33. The van der Waals surface area contributed by atoms with Crippen LogP contribution < -0.4 is 0 Å². The summed E-state index contributed by atoms with van der Waals surface area (Å²) in [4.78, 5) is 19.3. The molecule has 0 N–H and O–H groups in total. The largest absolute Gasteiger partial charge is 0.332 e. The molecule has 2 aromatic heterocycles. The summed E-state index contributed by atoms with van der Waals surface area (Å²) in [5.74, 6) is 0.117. The second kappa shape index (κ2) is 5.77. The lowest BCUT2D eigenvalue weighted by atomic mass is 10.1. The van der Waals surface area contributed by atoms with Crippen LogP contribution in [0.15, 0.2) is 35.8 Å². The van der Waals surface area contributed by atoms with E-state index in [9.17, 15) is 4.79 Å². The van der Waals surface area contributed by atoms with Crippen molar-refractivity contribution in [2.45, 2.75) is 32.4 Å². The number of amides is 1. The third kappa shape index (κ3) is 2.74. The minimum atomic E-state index is 0.117. The normalized spacial score (nSPS) is 18.0. The number of nitrogens with zero attached hydrogens (tertiary/aromatic N) is 4. The van der Waals surface area contributed by atoms with E-state index in [4.69, 9.17) is 0 Å². The fourth-order valence-electron chi connectivity index (χ4n) is 3.23. The van der Waals surface area contributed by atoms with Crippen LogP contribution in [0.1, 0.15) is 29.6 Å². The van der Waals surface area contributed by atoms with Crippen LogP contribution >= 0.6 is 11.3 Å². The number of benzene rings is 1. The zero-order valence-electron chi connectivity index (χ0n) is 13.0. The number of aromatic nitrogens is 3. The topological polar surface area (TPSA) is 51.0 Å². The monoisotopic (exact) mass is 326 g/mol. The molecule has 1 aliphatic heterocycles. The molecule has 0 spiro atoms. The van der Waals surface area contributed by atoms with Crippen LogP contribution in [0.3, 0.4) is 0 Å². The first-order valence-corrected chi connectivity index (χ1v) is 8.72. The third-order valence-electron chi connectivity index (χ3n) is 4.31. The van der Waals surface area contributed by atoms with Crippen LogP contribution in [-0.2, 0) is 11.3 Å². The van der Waals surface area contributed by atoms with Gasteiger partial charge in [0.25, 0.3) is 0 Å². The van der Waals surface area contributed by atoms with Crippen molar-refractivity contribution in [2.75, 3.05) is 6.54 Å². The smallest absolute Gasteiger partial charge is 0.244 e. The van der Waals surface area contributed by atoms with Gasteiger partial charge in [-0.25, -0.2) is 4.98 Å². The Bertz CT molecular complexity index is 820. The van der Waals surface area contributed by atoms with E-state index in [1.807, 2.05) is 42.3 Å². The van der Waals surface area contributed by atoms with E-state index in [2.05, 4.69) is 15.5 Å². The van der Waals surface area contributed by atoms with Gasteiger partial charge in [-0.15, -0.1) is 11.3 Å². The number of likely N-dealkylation sites (tertiary alicyclic amines) is 1. The summed E-state index contributed by atoms with van der Waals surface area (Å²) in [6, 6.07) is 8.05. The summed E-state index contributed by atoms with van der Waals surface area (Å²) in [6.45, 7) is 3.10. The average Bonchev–Trinajstić information content (AvgIpc) is 3.24. The molecular weight excluding hydrogens is 308 g/mol. The summed E-state index contributed by atoms with van der Waals surface area (Å²) >= 11 is 1.65. The van der Waals surface area contributed by atoms with Gasteiger partial charge in [-0.05, 0) is 25.8 Å². The predicted octanol–water partition coefficient (Wildman–Crippen LogP) is 3.16. The average molecular weight is 326 g/mol. The molecule has 23 heavy (non-hydrogen) atoms. The summed E-state index contributed by atoms with van der Waals surface area (Å²) < 4.78 is 1.74. The number of thiazole rings is 1. The minimum absolute atomic E-state index is 0.117. The molecule has 1 aliphatic rings.